The van der Waals surface area contributed by atoms with Crippen LogP contribution in [0.25, 0.3) is 0 Å². The highest BCUT2D eigenvalue weighted by Crippen LogP contribution is 2.21. The third kappa shape index (κ3) is 6.80. The quantitative estimate of drug-likeness (QED) is 0.427. The summed E-state index contributed by atoms with van der Waals surface area (Å²) < 4.78 is 0. The zero-order valence-electron chi connectivity index (χ0n) is 13.7. The van der Waals surface area contributed by atoms with Gasteiger partial charge in [-0.15, -0.1) is 11.8 Å². The van der Waals surface area contributed by atoms with Gasteiger partial charge in [-0.2, -0.15) is 0 Å². The van der Waals surface area contributed by atoms with E-state index in [9.17, 15) is 0 Å². The Kier molecular flexibility index (Phi) is 7.39. The van der Waals surface area contributed by atoms with Crippen molar-refractivity contribution in [2.45, 2.75) is 31.4 Å². The largest absolute Gasteiger partial charge is 0.379 e. The maximum absolute atomic E-state index is 7.77. The SMILES string of the molecule is CC(=N)S[C@@H](Cc1ccc(CCSC(=N)N)cc1)Cc1ncc[nH]1. The highest BCUT2D eigenvalue weighted by atomic mass is 32.2. The molecule has 2 rings (SSSR count). The minimum atomic E-state index is 0.173. The van der Waals surface area contributed by atoms with Crippen molar-refractivity contribution in [3.05, 3.63) is 53.6 Å². The average Bonchev–Trinajstić information content (AvgIpc) is 3.01. The van der Waals surface area contributed by atoms with Crippen LogP contribution in [0.2, 0.25) is 0 Å². The van der Waals surface area contributed by atoms with E-state index in [0.29, 0.717) is 10.3 Å². The van der Waals surface area contributed by atoms with Gasteiger partial charge in [-0.05, 0) is 30.9 Å². The Hall–Kier alpha value is -1.73. The van der Waals surface area contributed by atoms with Crippen molar-refractivity contribution < 1.29 is 0 Å². The van der Waals surface area contributed by atoms with Gasteiger partial charge >= 0.3 is 0 Å². The Balaban J connectivity index is 1.92. The molecule has 1 heterocycles. The molecular formula is C17H23N5S2. The fourth-order valence-electron chi connectivity index (χ4n) is 2.41. The number of nitrogens with one attached hydrogen (secondary N) is 3. The first kappa shape index (κ1) is 18.6. The van der Waals surface area contributed by atoms with Gasteiger partial charge in [0.2, 0.25) is 0 Å². The summed E-state index contributed by atoms with van der Waals surface area (Å²) in [5, 5.41) is 16.1. The van der Waals surface area contributed by atoms with Crippen molar-refractivity contribution in [1.82, 2.24) is 9.97 Å². The Bertz CT molecular complexity index is 652. The molecule has 0 amide bonds. The molecule has 0 aliphatic rings. The molecule has 0 aliphatic heterocycles. The van der Waals surface area contributed by atoms with E-state index in [4.69, 9.17) is 16.6 Å². The minimum absolute atomic E-state index is 0.173. The van der Waals surface area contributed by atoms with Crippen LogP contribution >= 0.6 is 23.5 Å². The fourth-order valence-corrected chi connectivity index (χ4v) is 3.99. The predicted octanol–water partition coefficient (Wildman–Crippen LogP) is 3.46. The second-order valence-corrected chi connectivity index (χ2v) is 8.17. The molecule has 5 nitrogen and oxygen atoms in total. The van der Waals surface area contributed by atoms with E-state index in [0.717, 1.165) is 30.8 Å². The van der Waals surface area contributed by atoms with Crippen molar-refractivity contribution in [2.24, 2.45) is 5.73 Å². The minimum Gasteiger partial charge on any atom is -0.379 e. The van der Waals surface area contributed by atoms with Gasteiger partial charge in [0.05, 0.1) is 5.04 Å². The molecule has 5 N–H and O–H groups in total. The van der Waals surface area contributed by atoms with Gasteiger partial charge in [-0.25, -0.2) is 4.98 Å². The van der Waals surface area contributed by atoms with Gasteiger partial charge in [0, 0.05) is 29.8 Å². The van der Waals surface area contributed by atoms with Crippen LogP contribution in [0.5, 0.6) is 0 Å². The first-order chi connectivity index (χ1) is 11.5. The van der Waals surface area contributed by atoms with Crippen LogP contribution in [0.4, 0.5) is 0 Å². The van der Waals surface area contributed by atoms with E-state index < -0.39 is 0 Å². The maximum atomic E-state index is 7.77. The highest BCUT2D eigenvalue weighted by molar-refractivity contribution is 8.14. The van der Waals surface area contributed by atoms with Crippen molar-refractivity contribution in [1.29, 1.82) is 10.8 Å². The van der Waals surface area contributed by atoms with E-state index in [1.165, 1.54) is 22.9 Å². The zero-order valence-corrected chi connectivity index (χ0v) is 15.3. The number of benzene rings is 1. The van der Waals surface area contributed by atoms with E-state index >= 15 is 0 Å². The van der Waals surface area contributed by atoms with Crippen molar-refractivity contribution in [3.8, 4) is 0 Å². The fraction of sp³-hybridized carbons (Fsp3) is 0.353. The third-order valence-corrected chi connectivity index (χ3v) is 5.19. The van der Waals surface area contributed by atoms with E-state index in [2.05, 4.69) is 34.2 Å². The van der Waals surface area contributed by atoms with Gasteiger partial charge in [0.25, 0.3) is 0 Å². The number of nitrogens with zero attached hydrogens (tertiary/aromatic N) is 1. The lowest BCUT2D eigenvalue weighted by Gasteiger charge is -2.15. The summed E-state index contributed by atoms with van der Waals surface area (Å²) in [6.45, 7) is 1.83. The van der Waals surface area contributed by atoms with Crippen LogP contribution in [0.15, 0.2) is 36.7 Å². The smallest absolute Gasteiger partial charge is 0.151 e. The Labute approximate surface area is 151 Å². The molecule has 0 saturated heterocycles. The molecule has 1 atom stereocenters. The molecule has 7 heteroatoms. The molecule has 1 aromatic carbocycles. The number of nitrogens with two attached hydrogens (primary N) is 1. The van der Waals surface area contributed by atoms with Gasteiger partial charge in [-0.3, -0.25) is 10.8 Å². The van der Waals surface area contributed by atoms with Crippen molar-refractivity contribution in [3.63, 3.8) is 0 Å². The molecule has 128 valence electrons. The molecule has 0 bridgehead atoms. The number of hydrogen-bond acceptors (Lipinski definition) is 5. The summed E-state index contributed by atoms with van der Waals surface area (Å²) >= 11 is 2.97. The lowest BCUT2D eigenvalue weighted by molar-refractivity contribution is 0.804. The van der Waals surface area contributed by atoms with Crippen LogP contribution < -0.4 is 5.73 Å². The van der Waals surface area contributed by atoms with E-state index in [-0.39, 0.29) is 5.17 Å². The first-order valence-electron chi connectivity index (χ1n) is 7.77. The monoisotopic (exact) mass is 361 g/mol. The maximum Gasteiger partial charge on any atom is 0.151 e. The van der Waals surface area contributed by atoms with Crippen LogP contribution in [0.1, 0.15) is 23.9 Å². The number of thioether (sulfide) groups is 2. The molecule has 2 aromatic rings. The molecule has 24 heavy (non-hydrogen) atoms. The number of amidine groups is 1. The van der Waals surface area contributed by atoms with Crippen LogP contribution in [-0.2, 0) is 19.3 Å². The predicted molar refractivity (Wildman–Crippen MR) is 105 cm³/mol. The second kappa shape index (κ2) is 9.54. The summed E-state index contributed by atoms with van der Waals surface area (Å²) in [5.41, 5.74) is 7.87. The van der Waals surface area contributed by atoms with Crippen molar-refractivity contribution in [2.75, 3.05) is 5.75 Å². The van der Waals surface area contributed by atoms with Crippen LogP contribution in [0.3, 0.4) is 0 Å². The number of hydrogen-bond donors (Lipinski definition) is 4. The molecule has 1 aromatic heterocycles. The third-order valence-electron chi connectivity index (χ3n) is 3.45. The summed E-state index contributed by atoms with van der Waals surface area (Å²) in [4.78, 5) is 7.44. The number of rotatable bonds is 8. The van der Waals surface area contributed by atoms with Crippen LogP contribution in [-0.4, -0.2) is 31.2 Å². The van der Waals surface area contributed by atoms with Gasteiger partial charge in [0.15, 0.2) is 5.17 Å². The van der Waals surface area contributed by atoms with Crippen LogP contribution in [0, 0.1) is 10.8 Å². The summed E-state index contributed by atoms with van der Waals surface area (Å²) in [6, 6.07) is 8.59. The Morgan fingerprint density at radius 2 is 1.92 bits per heavy atom. The number of imidazole rings is 1. The van der Waals surface area contributed by atoms with E-state index in [1.807, 2.05) is 13.1 Å². The number of H-pyrrole nitrogens is 1. The first-order valence-corrected chi connectivity index (χ1v) is 9.64. The lowest BCUT2D eigenvalue weighted by atomic mass is 10.0. The molecule has 0 saturated carbocycles. The number of aryl methyl sites for hydroxylation is 1. The molecule has 0 aliphatic carbocycles. The average molecular weight is 362 g/mol. The van der Waals surface area contributed by atoms with Gasteiger partial charge in [-0.1, -0.05) is 36.0 Å². The summed E-state index contributed by atoms with van der Waals surface area (Å²) in [6.07, 6.45) is 6.24. The van der Waals surface area contributed by atoms with Crippen molar-refractivity contribution >= 4 is 33.7 Å². The topological polar surface area (TPSA) is 102 Å². The standard InChI is InChI=1S/C17H23N5S2/c1-12(18)24-15(11-16-21-7-8-22-16)10-14-4-2-13(3-5-14)6-9-23-17(19)20/h2-5,7-8,15,18H,6,9-11H2,1H3,(H3,19,20)(H,21,22)/t15-/m0/s1. The second-order valence-electron chi connectivity index (χ2n) is 5.52. The molecule has 0 radical (unpaired) electrons. The van der Waals surface area contributed by atoms with Gasteiger partial charge < -0.3 is 10.7 Å². The number of aromatic amines is 1. The number of aromatic nitrogens is 2. The summed E-state index contributed by atoms with van der Waals surface area (Å²) in [7, 11) is 0. The Morgan fingerprint density at radius 3 is 2.50 bits per heavy atom. The molecule has 0 spiro atoms. The molecule has 0 fully saturated rings. The summed E-state index contributed by atoms with van der Waals surface area (Å²) in [5.74, 6) is 1.80. The normalized spacial score (nSPS) is 12.0. The zero-order chi connectivity index (χ0) is 17.4. The Morgan fingerprint density at radius 1 is 1.21 bits per heavy atom. The lowest BCUT2D eigenvalue weighted by Crippen LogP contribution is -2.13. The molecule has 0 unspecified atom stereocenters. The van der Waals surface area contributed by atoms with E-state index in [1.54, 1.807) is 18.0 Å². The van der Waals surface area contributed by atoms with Gasteiger partial charge in [0.1, 0.15) is 5.82 Å². The molecular weight excluding hydrogens is 338 g/mol. The highest BCUT2D eigenvalue weighted by Gasteiger charge is 2.14.